The molecule has 0 atom stereocenters. The Bertz CT molecular complexity index is 869. The minimum Gasteiger partial charge on any atom is -0.339 e. The van der Waals surface area contributed by atoms with Crippen molar-refractivity contribution in [2.75, 3.05) is 10.6 Å². The van der Waals surface area contributed by atoms with Crippen LogP contribution in [0.2, 0.25) is 10.0 Å². The van der Waals surface area contributed by atoms with Gasteiger partial charge in [0.05, 0.1) is 15.7 Å². The molecule has 0 radical (unpaired) electrons. The van der Waals surface area contributed by atoms with Crippen molar-refractivity contribution in [2.45, 2.75) is 6.92 Å². The van der Waals surface area contributed by atoms with E-state index < -0.39 is 0 Å². The molecule has 24 heavy (non-hydrogen) atoms. The zero-order valence-electron chi connectivity index (χ0n) is 12.6. The lowest BCUT2D eigenvalue weighted by Gasteiger charge is -2.11. The molecule has 0 fully saturated rings. The highest BCUT2D eigenvalue weighted by molar-refractivity contribution is 6.43. The van der Waals surface area contributed by atoms with E-state index in [2.05, 4.69) is 20.6 Å². The maximum atomic E-state index is 13.0. The average molecular weight is 363 g/mol. The van der Waals surface area contributed by atoms with Crippen LogP contribution < -0.4 is 10.6 Å². The molecular weight excluding hydrogens is 350 g/mol. The van der Waals surface area contributed by atoms with Crippen LogP contribution in [0, 0.1) is 12.7 Å². The van der Waals surface area contributed by atoms with Crippen LogP contribution in [0.5, 0.6) is 0 Å². The van der Waals surface area contributed by atoms with Gasteiger partial charge in [0, 0.05) is 17.4 Å². The predicted octanol–water partition coefficient (Wildman–Crippen LogP) is 5.72. The first-order valence-electron chi connectivity index (χ1n) is 7.10. The molecule has 0 aliphatic rings. The number of aryl methyl sites for hydroxylation is 1. The Morgan fingerprint density at radius 3 is 2.46 bits per heavy atom. The first-order chi connectivity index (χ1) is 11.5. The number of nitrogens with one attached hydrogen (secondary N) is 2. The zero-order valence-corrected chi connectivity index (χ0v) is 14.2. The number of benzene rings is 2. The minimum atomic E-state index is -0.302. The summed E-state index contributed by atoms with van der Waals surface area (Å²) in [5.41, 5.74) is 2.10. The molecule has 0 amide bonds. The molecular formula is C17H13Cl2FN4. The van der Waals surface area contributed by atoms with Crippen molar-refractivity contribution in [3.63, 3.8) is 0 Å². The molecule has 0 bridgehead atoms. The van der Waals surface area contributed by atoms with Gasteiger partial charge in [-0.2, -0.15) is 4.98 Å². The molecule has 2 N–H and O–H groups in total. The van der Waals surface area contributed by atoms with E-state index in [0.29, 0.717) is 33.2 Å². The second-order valence-corrected chi connectivity index (χ2v) is 5.86. The van der Waals surface area contributed by atoms with E-state index in [1.54, 1.807) is 36.4 Å². The summed E-state index contributed by atoms with van der Waals surface area (Å²) in [6.07, 6.45) is 0. The normalized spacial score (nSPS) is 10.5. The number of anilines is 4. The molecule has 3 aromatic rings. The van der Waals surface area contributed by atoms with Crippen LogP contribution in [0.1, 0.15) is 5.69 Å². The Hall–Kier alpha value is -2.37. The summed E-state index contributed by atoms with van der Waals surface area (Å²) in [6, 6.07) is 13.0. The quantitative estimate of drug-likeness (QED) is 0.623. The first kappa shape index (κ1) is 16.5. The fourth-order valence-corrected chi connectivity index (χ4v) is 2.44. The maximum Gasteiger partial charge on any atom is 0.229 e. The molecule has 0 spiro atoms. The molecule has 0 aliphatic carbocycles. The van der Waals surface area contributed by atoms with Crippen LogP contribution in [0.4, 0.5) is 27.5 Å². The highest BCUT2D eigenvalue weighted by atomic mass is 35.5. The zero-order chi connectivity index (χ0) is 17.1. The third-order valence-electron chi connectivity index (χ3n) is 3.17. The smallest absolute Gasteiger partial charge is 0.229 e. The van der Waals surface area contributed by atoms with Gasteiger partial charge < -0.3 is 10.6 Å². The topological polar surface area (TPSA) is 49.8 Å². The second kappa shape index (κ2) is 7.03. The third kappa shape index (κ3) is 3.93. The van der Waals surface area contributed by atoms with E-state index in [1.807, 2.05) is 6.92 Å². The fraction of sp³-hybridized carbons (Fsp3) is 0.0588. The molecule has 0 aliphatic heterocycles. The van der Waals surface area contributed by atoms with Gasteiger partial charge in [-0.3, -0.25) is 0 Å². The average Bonchev–Trinajstić information content (AvgIpc) is 2.54. The first-order valence-corrected chi connectivity index (χ1v) is 7.86. The predicted molar refractivity (Wildman–Crippen MR) is 96.2 cm³/mol. The van der Waals surface area contributed by atoms with Crippen molar-refractivity contribution in [1.29, 1.82) is 0 Å². The van der Waals surface area contributed by atoms with E-state index in [4.69, 9.17) is 23.2 Å². The highest BCUT2D eigenvalue weighted by Gasteiger charge is 2.08. The van der Waals surface area contributed by atoms with Crippen LogP contribution in [0.3, 0.4) is 0 Å². The molecule has 4 nitrogen and oxygen atoms in total. The van der Waals surface area contributed by atoms with E-state index in [1.165, 1.54) is 12.1 Å². The SMILES string of the molecule is Cc1cc(Nc2cccc(Cl)c2Cl)nc(Nc2ccc(F)cc2)n1. The van der Waals surface area contributed by atoms with E-state index in [-0.39, 0.29) is 5.82 Å². The van der Waals surface area contributed by atoms with Gasteiger partial charge in [-0.25, -0.2) is 9.37 Å². The molecule has 0 saturated heterocycles. The van der Waals surface area contributed by atoms with E-state index >= 15 is 0 Å². The van der Waals surface area contributed by atoms with Gasteiger partial charge >= 0.3 is 0 Å². The third-order valence-corrected chi connectivity index (χ3v) is 3.99. The van der Waals surface area contributed by atoms with Gasteiger partial charge in [0.1, 0.15) is 11.6 Å². The molecule has 0 saturated carbocycles. The lowest BCUT2D eigenvalue weighted by Crippen LogP contribution is -2.02. The highest BCUT2D eigenvalue weighted by Crippen LogP contribution is 2.31. The number of rotatable bonds is 4. The lowest BCUT2D eigenvalue weighted by molar-refractivity contribution is 0.628. The Balaban J connectivity index is 1.86. The monoisotopic (exact) mass is 362 g/mol. The Morgan fingerprint density at radius 1 is 0.958 bits per heavy atom. The molecule has 0 unspecified atom stereocenters. The van der Waals surface area contributed by atoms with Crippen LogP contribution in [-0.4, -0.2) is 9.97 Å². The van der Waals surface area contributed by atoms with E-state index in [0.717, 1.165) is 5.69 Å². The molecule has 2 aromatic carbocycles. The fourth-order valence-electron chi connectivity index (χ4n) is 2.09. The number of hydrogen-bond acceptors (Lipinski definition) is 4. The summed E-state index contributed by atoms with van der Waals surface area (Å²) in [5, 5.41) is 7.03. The Kier molecular flexibility index (Phi) is 4.83. The summed E-state index contributed by atoms with van der Waals surface area (Å²) < 4.78 is 13.0. The summed E-state index contributed by atoms with van der Waals surface area (Å²) in [7, 11) is 0. The summed E-state index contributed by atoms with van der Waals surface area (Å²) >= 11 is 12.2. The van der Waals surface area contributed by atoms with Gasteiger partial charge in [0.2, 0.25) is 5.95 Å². The van der Waals surface area contributed by atoms with Crippen molar-refractivity contribution in [2.24, 2.45) is 0 Å². The van der Waals surface area contributed by atoms with Crippen molar-refractivity contribution < 1.29 is 4.39 Å². The van der Waals surface area contributed by atoms with Gasteiger partial charge in [0.15, 0.2) is 0 Å². The van der Waals surface area contributed by atoms with Gasteiger partial charge in [-0.1, -0.05) is 29.3 Å². The lowest BCUT2D eigenvalue weighted by atomic mass is 10.3. The van der Waals surface area contributed by atoms with Crippen LogP contribution in [0.15, 0.2) is 48.5 Å². The van der Waals surface area contributed by atoms with E-state index in [9.17, 15) is 4.39 Å². The van der Waals surface area contributed by atoms with Crippen molar-refractivity contribution in [3.05, 3.63) is 70.1 Å². The largest absolute Gasteiger partial charge is 0.339 e. The van der Waals surface area contributed by atoms with Gasteiger partial charge in [0.25, 0.3) is 0 Å². The van der Waals surface area contributed by atoms with Crippen LogP contribution >= 0.6 is 23.2 Å². The van der Waals surface area contributed by atoms with Crippen molar-refractivity contribution >= 4 is 46.3 Å². The summed E-state index contributed by atoms with van der Waals surface area (Å²) in [5.74, 6) is 0.655. The number of hydrogen-bond donors (Lipinski definition) is 2. The van der Waals surface area contributed by atoms with Gasteiger partial charge in [-0.15, -0.1) is 0 Å². The number of halogens is 3. The molecule has 3 rings (SSSR count). The van der Waals surface area contributed by atoms with Gasteiger partial charge in [-0.05, 0) is 43.3 Å². The Morgan fingerprint density at radius 2 is 1.71 bits per heavy atom. The second-order valence-electron chi connectivity index (χ2n) is 5.08. The standard InChI is InChI=1S/C17H13Cl2FN4/c1-10-9-15(23-14-4-2-3-13(18)16(14)19)24-17(21-10)22-12-7-5-11(20)6-8-12/h2-9H,1H3,(H2,21,22,23,24). The summed E-state index contributed by atoms with van der Waals surface area (Å²) in [6.45, 7) is 1.85. The minimum absolute atomic E-state index is 0.302. The van der Waals surface area contributed by atoms with Crippen molar-refractivity contribution in [1.82, 2.24) is 9.97 Å². The number of nitrogens with zero attached hydrogens (tertiary/aromatic N) is 2. The maximum absolute atomic E-state index is 13.0. The number of aromatic nitrogens is 2. The van der Waals surface area contributed by atoms with Crippen molar-refractivity contribution in [3.8, 4) is 0 Å². The van der Waals surface area contributed by atoms with Crippen LogP contribution in [0.25, 0.3) is 0 Å². The summed E-state index contributed by atoms with van der Waals surface area (Å²) in [4.78, 5) is 8.71. The Labute approximate surface area is 148 Å². The molecule has 7 heteroatoms. The molecule has 1 aromatic heterocycles. The molecule has 122 valence electrons. The van der Waals surface area contributed by atoms with Crippen LogP contribution in [-0.2, 0) is 0 Å². The molecule has 1 heterocycles.